The largest absolute Gasteiger partial charge is 0.405 e. The number of halogens is 3. The van der Waals surface area contributed by atoms with E-state index in [2.05, 4.69) is 34.2 Å². The van der Waals surface area contributed by atoms with E-state index in [9.17, 15) is 18.0 Å². The maximum Gasteiger partial charge on any atom is 0.405 e. The molecular weight excluding hydrogens is 487 g/mol. The second kappa shape index (κ2) is 11.1. The van der Waals surface area contributed by atoms with Gasteiger partial charge in [0.2, 0.25) is 5.91 Å². The minimum Gasteiger partial charge on any atom is -0.379 e. The molecule has 2 aliphatic rings. The van der Waals surface area contributed by atoms with Crippen LogP contribution in [0, 0.1) is 5.41 Å². The molecule has 1 heterocycles. The van der Waals surface area contributed by atoms with E-state index in [4.69, 9.17) is 0 Å². The van der Waals surface area contributed by atoms with Crippen molar-refractivity contribution in [3.63, 3.8) is 0 Å². The van der Waals surface area contributed by atoms with Crippen molar-refractivity contribution >= 4 is 5.91 Å². The van der Waals surface area contributed by atoms with E-state index in [0.29, 0.717) is 12.1 Å². The third kappa shape index (κ3) is 6.09. The van der Waals surface area contributed by atoms with Crippen LogP contribution in [-0.2, 0) is 10.2 Å². The molecule has 0 saturated carbocycles. The summed E-state index contributed by atoms with van der Waals surface area (Å²) in [5.74, 6) is 0.0951. The lowest BCUT2D eigenvalue weighted by Gasteiger charge is -2.36. The highest BCUT2D eigenvalue weighted by Crippen LogP contribution is 2.54. The van der Waals surface area contributed by atoms with Crippen LogP contribution in [0.3, 0.4) is 0 Å². The lowest BCUT2D eigenvalue weighted by molar-refractivity contribution is -0.129. The van der Waals surface area contributed by atoms with E-state index in [0.717, 1.165) is 67.6 Å². The zero-order valence-electron chi connectivity index (χ0n) is 22.8. The van der Waals surface area contributed by atoms with E-state index in [-0.39, 0.29) is 17.4 Å². The molecule has 2 N–H and O–H groups in total. The molecule has 1 amide bonds. The normalized spacial score (nSPS) is 17.5. The first-order valence-corrected chi connectivity index (χ1v) is 13.6. The van der Waals surface area contributed by atoms with Crippen molar-refractivity contribution in [2.45, 2.75) is 70.5 Å². The summed E-state index contributed by atoms with van der Waals surface area (Å²) in [7, 11) is 0. The maximum atomic E-state index is 13.2. The maximum absolute atomic E-state index is 13.2. The summed E-state index contributed by atoms with van der Waals surface area (Å²) < 4.78 is 39.5. The van der Waals surface area contributed by atoms with Gasteiger partial charge >= 0.3 is 6.18 Å². The molecule has 0 unspecified atom stereocenters. The molecule has 38 heavy (non-hydrogen) atoms. The number of unbranched alkanes of at least 4 members (excludes halogenated alkanes) is 1. The van der Waals surface area contributed by atoms with Crippen LogP contribution >= 0.6 is 0 Å². The quantitative estimate of drug-likeness (QED) is 0.370. The lowest BCUT2D eigenvalue weighted by atomic mass is 9.72. The fourth-order valence-electron chi connectivity index (χ4n) is 5.86. The molecule has 2 aromatic rings. The number of likely N-dealkylation sites (tertiary alicyclic amines) is 1. The Labute approximate surface area is 224 Å². The van der Waals surface area contributed by atoms with Gasteiger partial charge in [-0.3, -0.25) is 4.79 Å². The minimum absolute atomic E-state index is 0.0951. The molecule has 0 atom stereocenters. The van der Waals surface area contributed by atoms with Gasteiger partial charge in [-0.05, 0) is 54.5 Å². The number of benzene rings is 2. The van der Waals surface area contributed by atoms with Gasteiger partial charge in [0.1, 0.15) is 6.54 Å². The zero-order valence-corrected chi connectivity index (χ0v) is 22.8. The molecule has 4 nitrogen and oxygen atoms in total. The van der Waals surface area contributed by atoms with Crippen LogP contribution in [-0.4, -0.2) is 49.2 Å². The van der Waals surface area contributed by atoms with Crippen molar-refractivity contribution in [2.75, 3.05) is 26.2 Å². The van der Waals surface area contributed by atoms with Crippen LogP contribution < -0.4 is 10.6 Å². The highest BCUT2D eigenvalue weighted by atomic mass is 19.4. The number of hydrogen-bond donors (Lipinski definition) is 2. The highest BCUT2D eigenvalue weighted by molar-refractivity contribution is 5.83. The van der Waals surface area contributed by atoms with Crippen LogP contribution in [0.2, 0.25) is 0 Å². The Bertz CT molecular complexity index is 1100. The lowest BCUT2D eigenvalue weighted by Crippen LogP contribution is -2.47. The first-order valence-electron chi connectivity index (χ1n) is 13.6. The Kier molecular flexibility index (Phi) is 8.26. The van der Waals surface area contributed by atoms with Gasteiger partial charge in [-0.1, -0.05) is 82.3 Å². The molecule has 0 bridgehead atoms. The van der Waals surface area contributed by atoms with Crippen molar-refractivity contribution in [1.29, 1.82) is 0 Å². The number of carbonyl (C=O) groups is 1. The molecular formula is C31H40F3N3O. The number of fused-ring (bicyclic) bond motifs is 3. The molecule has 0 spiro atoms. The van der Waals surface area contributed by atoms with E-state index in [1.54, 1.807) is 0 Å². The molecule has 2 aromatic carbocycles. The third-order valence-corrected chi connectivity index (χ3v) is 7.96. The second-order valence-corrected chi connectivity index (χ2v) is 11.7. The number of nitrogens with one attached hydrogen (secondary N) is 2. The first-order chi connectivity index (χ1) is 17.9. The van der Waals surface area contributed by atoms with Gasteiger partial charge in [0.15, 0.2) is 0 Å². The van der Waals surface area contributed by atoms with E-state index >= 15 is 0 Å². The molecule has 206 valence electrons. The number of piperidine rings is 1. The Morgan fingerprint density at radius 2 is 1.53 bits per heavy atom. The summed E-state index contributed by atoms with van der Waals surface area (Å²) in [6, 6.07) is 16.3. The molecule has 1 aliphatic carbocycles. The summed E-state index contributed by atoms with van der Waals surface area (Å²) >= 11 is 0. The minimum atomic E-state index is -4.32. The van der Waals surface area contributed by atoms with Crippen molar-refractivity contribution in [3.05, 3.63) is 71.9 Å². The number of amides is 1. The molecule has 0 radical (unpaired) electrons. The number of hydrogen-bond acceptors (Lipinski definition) is 3. The predicted molar refractivity (Wildman–Crippen MR) is 147 cm³/mol. The van der Waals surface area contributed by atoms with Gasteiger partial charge < -0.3 is 15.5 Å². The van der Waals surface area contributed by atoms with Crippen LogP contribution in [0.25, 0.3) is 11.1 Å². The summed E-state index contributed by atoms with van der Waals surface area (Å²) in [5, 5.41) is 5.82. The highest BCUT2D eigenvalue weighted by Gasteiger charge is 2.45. The summed E-state index contributed by atoms with van der Waals surface area (Å²) in [6.07, 6.45) is 0.0339. The van der Waals surface area contributed by atoms with E-state index in [1.807, 2.05) is 57.2 Å². The molecule has 1 fully saturated rings. The molecule has 4 rings (SSSR count). The average Bonchev–Trinajstić information content (AvgIpc) is 3.16. The smallest absolute Gasteiger partial charge is 0.379 e. The zero-order chi connectivity index (χ0) is 27.6. The number of allylic oxidation sites excluding steroid dienone is 1. The van der Waals surface area contributed by atoms with Gasteiger partial charge in [-0.2, -0.15) is 13.2 Å². The molecule has 7 heteroatoms. The SMILES string of the molecule is C=C(NCC(F)(F)F)C1(CCCCN2CCC(NC(=O)C(C)(C)C)CC2)c2ccccc2-c2ccccc21. The van der Waals surface area contributed by atoms with Gasteiger partial charge in [-0.15, -0.1) is 0 Å². The van der Waals surface area contributed by atoms with Gasteiger partial charge in [0, 0.05) is 30.2 Å². The fraction of sp³-hybridized carbons (Fsp3) is 0.516. The number of rotatable bonds is 9. The molecule has 1 aliphatic heterocycles. The van der Waals surface area contributed by atoms with Gasteiger partial charge in [-0.25, -0.2) is 0 Å². The molecule has 1 saturated heterocycles. The second-order valence-electron chi connectivity index (χ2n) is 11.7. The van der Waals surface area contributed by atoms with E-state index in [1.165, 1.54) is 0 Å². The summed E-state index contributed by atoms with van der Waals surface area (Å²) in [5.41, 5.74) is 3.50. The predicted octanol–water partition coefficient (Wildman–Crippen LogP) is 6.42. The van der Waals surface area contributed by atoms with Crippen molar-refractivity contribution in [1.82, 2.24) is 15.5 Å². The Hall–Kier alpha value is -2.80. The molecule has 0 aromatic heterocycles. The Balaban J connectivity index is 1.42. The first kappa shape index (κ1) is 28.2. The van der Waals surface area contributed by atoms with Crippen LogP contribution in [0.15, 0.2) is 60.8 Å². The third-order valence-electron chi connectivity index (χ3n) is 7.96. The topological polar surface area (TPSA) is 44.4 Å². The van der Waals surface area contributed by atoms with Crippen LogP contribution in [0.4, 0.5) is 13.2 Å². The number of alkyl halides is 3. The van der Waals surface area contributed by atoms with Crippen molar-refractivity contribution in [2.24, 2.45) is 5.41 Å². The summed E-state index contributed by atoms with van der Waals surface area (Å²) in [6.45, 7) is 11.7. The van der Waals surface area contributed by atoms with Crippen molar-refractivity contribution < 1.29 is 18.0 Å². The van der Waals surface area contributed by atoms with Crippen LogP contribution in [0.5, 0.6) is 0 Å². The standard InChI is InChI=1S/C31H40F3N3O/c1-22(35-21-31(32,33)34)30(26-13-7-5-11-24(26)25-12-6-8-14-27(25)30)17-9-10-18-37-19-15-23(16-20-37)36-28(38)29(2,3)4/h5-8,11-14,23,35H,1,9-10,15-21H2,2-4H3,(H,36,38). The monoisotopic (exact) mass is 527 g/mol. The van der Waals surface area contributed by atoms with Gasteiger partial charge in [0.25, 0.3) is 0 Å². The summed E-state index contributed by atoms with van der Waals surface area (Å²) in [4.78, 5) is 14.7. The Morgan fingerprint density at radius 3 is 2.05 bits per heavy atom. The number of nitrogens with zero attached hydrogens (tertiary/aromatic N) is 1. The van der Waals surface area contributed by atoms with Crippen LogP contribution in [0.1, 0.15) is 64.0 Å². The van der Waals surface area contributed by atoms with Crippen molar-refractivity contribution in [3.8, 4) is 11.1 Å². The number of carbonyl (C=O) groups excluding carboxylic acids is 1. The van der Waals surface area contributed by atoms with E-state index < -0.39 is 18.1 Å². The Morgan fingerprint density at radius 1 is 0.974 bits per heavy atom. The average molecular weight is 528 g/mol. The fourth-order valence-corrected chi connectivity index (χ4v) is 5.86. The van der Waals surface area contributed by atoms with Gasteiger partial charge in [0.05, 0.1) is 5.41 Å².